The molecule has 1 aromatic carbocycles. The lowest BCUT2D eigenvalue weighted by atomic mass is 10.1. The monoisotopic (exact) mass is 328 g/mol. The van der Waals surface area contributed by atoms with Crippen molar-refractivity contribution in [1.82, 2.24) is 15.1 Å². The zero-order valence-electron chi connectivity index (χ0n) is 14.5. The van der Waals surface area contributed by atoms with Gasteiger partial charge < -0.3 is 10.6 Å². The van der Waals surface area contributed by atoms with Crippen molar-refractivity contribution in [2.45, 2.75) is 33.7 Å². The summed E-state index contributed by atoms with van der Waals surface area (Å²) in [6.45, 7) is 8.39. The van der Waals surface area contributed by atoms with Crippen molar-refractivity contribution in [3.63, 3.8) is 0 Å². The first kappa shape index (κ1) is 17.7. The van der Waals surface area contributed by atoms with Crippen LogP contribution in [0.5, 0.6) is 0 Å². The van der Waals surface area contributed by atoms with E-state index in [0.717, 1.165) is 5.56 Å². The highest BCUT2D eigenvalue weighted by Gasteiger charge is 2.16. The number of hydrogen-bond acceptors (Lipinski definition) is 3. The van der Waals surface area contributed by atoms with E-state index in [1.807, 2.05) is 27.0 Å². The van der Waals surface area contributed by atoms with E-state index in [0.29, 0.717) is 23.7 Å². The quantitative estimate of drug-likeness (QED) is 0.856. The van der Waals surface area contributed by atoms with Crippen LogP contribution in [0.2, 0.25) is 0 Å². The van der Waals surface area contributed by atoms with Crippen LogP contribution < -0.4 is 10.6 Å². The molecule has 0 radical (unpaired) electrons. The average Bonchev–Trinajstić information content (AvgIpc) is 2.98. The molecular weight excluding hydrogens is 304 g/mol. The number of anilines is 1. The Bertz CT molecular complexity index is 721. The molecule has 0 saturated heterocycles. The minimum atomic E-state index is -0.433. The van der Waals surface area contributed by atoms with Gasteiger partial charge in [-0.1, -0.05) is 19.9 Å². The maximum Gasteiger partial charge on any atom is 0.251 e. The number of rotatable bonds is 6. The van der Waals surface area contributed by atoms with Crippen molar-refractivity contribution in [2.75, 3.05) is 11.9 Å². The van der Waals surface area contributed by atoms with Gasteiger partial charge in [0.25, 0.3) is 5.91 Å². The maximum atomic E-state index is 12.3. The fourth-order valence-electron chi connectivity index (χ4n) is 2.15. The molecule has 6 nitrogen and oxygen atoms in total. The third-order valence-corrected chi connectivity index (χ3v) is 3.57. The number of carbonyl (C=O) groups is 2. The highest BCUT2D eigenvalue weighted by atomic mass is 16.2. The van der Waals surface area contributed by atoms with E-state index in [1.165, 1.54) is 0 Å². The zero-order valence-corrected chi connectivity index (χ0v) is 14.5. The summed E-state index contributed by atoms with van der Waals surface area (Å²) in [4.78, 5) is 24.5. The number of benzene rings is 1. The van der Waals surface area contributed by atoms with Gasteiger partial charge in [-0.25, -0.2) is 0 Å². The van der Waals surface area contributed by atoms with Crippen molar-refractivity contribution < 1.29 is 9.59 Å². The molecule has 0 saturated carbocycles. The lowest BCUT2D eigenvalue weighted by molar-refractivity contribution is -0.119. The molecule has 1 aromatic heterocycles. The Balaban J connectivity index is 2.03. The minimum absolute atomic E-state index is 0.143. The molecule has 0 fully saturated rings. The van der Waals surface area contributed by atoms with Gasteiger partial charge in [0.15, 0.2) is 0 Å². The number of nitrogens with one attached hydrogen (secondary N) is 2. The fourth-order valence-corrected chi connectivity index (χ4v) is 2.15. The molecule has 0 aliphatic heterocycles. The van der Waals surface area contributed by atoms with Gasteiger partial charge in [0.05, 0.1) is 6.20 Å². The Morgan fingerprint density at radius 1 is 1.25 bits per heavy atom. The third kappa shape index (κ3) is 4.68. The van der Waals surface area contributed by atoms with Crippen LogP contribution in [0.1, 0.15) is 42.7 Å². The number of hydrogen-bond donors (Lipinski definition) is 2. The van der Waals surface area contributed by atoms with Crippen LogP contribution in [0.3, 0.4) is 0 Å². The number of aromatic nitrogens is 2. The maximum absolute atomic E-state index is 12.3. The molecule has 0 aliphatic carbocycles. The van der Waals surface area contributed by atoms with Crippen LogP contribution >= 0.6 is 0 Å². The van der Waals surface area contributed by atoms with Gasteiger partial charge in [0, 0.05) is 24.0 Å². The van der Waals surface area contributed by atoms with Gasteiger partial charge in [-0.2, -0.15) is 5.10 Å². The average molecular weight is 328 g/mol. The predicted molar refractivity (Wildman–Crippen MR) is 93.9 cm³/mol. The van der Waals surface area contributed by atoms with E-state index in [9.17, 15) is 9.59 Å². The molecule has 1 heterocycles. The molecule has 0 spiro atoms. The summed E-state index contributed by atoms with van der Waals surface area (Å²) < 4.78 is 1.61. The Hall–Kier alpha value is -2.63. The lowest BCUT2D eigenvalue weighted by Gasteiger charge is -2.13. The van der Waals surface area contributed by atoms with E-state index in [-0.39, 0.29) is 11.8 Å². The summed E-state index contributed by atoms with van der Waals surface area (Å²) in [5.41, 5.74) is 2.11. The number of carbonyl (C=O) groups excluding carboxylic acids is 2. The molecule has 6 heteroatoms. The third-order valence-electron chi connectivity index (χ3n) is 3.57. The second-order valence-corrected chi connectivity index (χ2v) is 6.35. The van der Waals surface area contributed by atoms with Crippen LogP contribution in [0.25, 0.3) is 0 Å². The van der Waals surface area contributed by atoms with Crippen molar-refractivity contribution in [3.8, 4) is 0 Å². The first-order chi connectivity index (χ1) is 11.4. The first-order valence-electron chi connectivity index (χ1n) is 8.06. The molecule has 24 heavy (non-hydrogen) atoms. The molecule has 2 aromatic rings. The standard InChI is InChI=1S/C18H24N4O2/c1-12(2)9-19-18(24)15-6-5-7-16(8-15)21-17(23)14(4)22-11-13(3)10-20-22/h5-8,10-12,14H,9H2,1-4H3,(H,19,24)(H,21,23). The summed E-state index contributed by atoms with van der Waals surface area (Å²) in [6, 6.07) is 6.48. The van der Waals surface area contributed by atoms with E-state index in [4.69, 9.17) is 0 Å². The summed E-state index contributed by atoms with van der Waals surface area (Å²) in [5.74, 6) is 0.0589. The Morgan fingerprint density at radius 3 is 2.62 bits per heavy atom. The van der Waals surface area contributed by atoms with Crippen molar-refractivity contribution >= 4 is 17.5 Å². The topological polar surface area (TPSA) is 76.0 Å². The van der Waals surface area contributed by atoms with E-state index >= 15 is 0 Å². The highest BCUT2D eigenvalue weighted by Crippen LogP contribution is 2.14. The summed E-state index contributed by atoms with van der Waals surface area (Å²) in [5, 5.41) is 9.85. The van der Waals surface area contributed by atoms with Crippen molar-refractivity contribution in [3.05, 3.63) is 47.8 Å². The number of nitrogens with zero attached hydrogens (tertiary/aromatic N) is 2. The molecular formula is C18H24N4O2. The molecule has 1 unspecified atom stereocenters. The molecule has 0 bridgehead atoms. The molecule has 2 rings (SSSR count). The van der Waals surface area contributed by atoms with Gasteiger partial charge in [-0.15, -0.1) is 0 Å². The van der Waals surface area contributed by atoms with E-state index in [1.54, 1.807) is 42.1 Å². The van der Waals surface area contributed by atoms with Gasteiger partial charge in [-0.3, -0.25) is 14.3 Å². The summed E-state index contributed by atoms with van der Waals surface area (Å²) in [6.07, 6.45) is 3.53. The van der Waals surface area contributed by atoms with Crippen LogP contribution in [0, 0.1) is 12.8 Å². The molecule has 2 N–H and O–H groups in total. The van der Waals surface area contributed by atoms with Gasteiger partial charge >= 0.3 is 0 Å². The number of aryl methyl sites for hydroxylation is 1. The predicted octanol–water partition coefficient (Wildman–Crippen LogP) is 2.78. The largest absolute Gasteiger partial charge is 0.352 e. The van der Waals surface area contributed by atoms with Gasteiger partial charge in [-0.05, 0) is 43.5 Å². The fraction of sp³-hybridized carbons (Fsp3) is 0.389. The zero-order chi connectivity index (χ0) is 17.7. The summed E-state index contributed by atoms with van der Waals surface area (Å²) >= 11 is 0. The number of amides is 2. The van der Waals surface area contributed by atoms with Crippen LogP contribution in [-0.2, 0) is 4.79 Å². The molecule has 2 amide bonds. The van der Waals surface area contributed by atoms with E-state index < -0.39 is 6.04 Å². The van der Waals surface area contributed by atoms with Crippen molar-refractivity contribution in [1.29, 1.82) is 0 Å². The van der Waals surface area contributed by atoms with Gasteiger partial charge in [0.1, 0.15) is 6.04 Å². The van der Waals surface area contributed by atoms with Gasteiger partial charge in [0.2, 0.25) is 5.91 Å². The van der Waals surface area contributed by atoms with Crippen LogP contribution in [0.4, 0.5) is 5.69 Å². The Kier molecular flexibility index (Phi) is 5.73. The van der Waals surface area contributed by atoms with Crippen molar-refractivity contribution in [2.24, 2.45) is 5.92 Å². The molecule has 128 valence electrons. The minimum Gasteiger partial charge on any atom is -0.352 e. The Morgan fingerprint density at radius 2 is 2.00 bits per heavy atom. The second kappa shape index (κ2) is 7.77. The normalized spacial score (nSPS) is 12.0. The highest BCUT2D eigenvalue weighted by molar-refractivity contribution is 5.97. The van der Waals surface area contributed by atoms with Crippen LogP contribution in [0.15, 0.2) is 36.7 Å². The van der Waals surface area contributed by atoms with E-state index in [2.05, 4.69) is 15.7 Å². The summed E-state index contributed by atoms with van der Waals surface area (Å²) in [7, 11) is 0. The molecule has 1 atom stereocenters. The SMILES string of the molecule is Cc1cnn(C(C)C(=O)Nc2cccc(C(=O)NCC(C)C)c2)c1. The lowest BCUT2D eigenvalue weighted by Crippen LogP contribution is -2.27. The second-order valence-electron chi connectivity index (χ2n) is 6.35. The smallest absolute Gasteiger partial charge is 0.251 e. The molecule has 0 aliphatic rings. The Labute approximate surface area is 142 Å². The van der Waals surface area contributed by atoms with Crippen LogP contribution in [-0.4, -0.2) is 28.1 Å². The first-order valence-corrected chi connectivity index (χ1v) is 8.06.